The first kappa shape index (κ1) is 13.3. The van der Waals surface area contributed by atoms with Crippen LogP contribution in [0.1, 0.15) is 5.69 Å². The number of nitrogens with one attached hydrogen (secondary N) is 1. The van der Waals surface area contributed by atoms with E-state index in [2.05, 4.69) is 25.6 Å². The summed E-state index contributed by atoms with van der Waals surface area (Å²) in [5, 5.41) is 10.2. The summed E-state index contributed by atoms with van der Waals surface area (Å²) in [6.45, 7) is 0. The Bertz CT molecular complexity index is 795. The standard InChI is InChI=1S/C12H9F3N6/c1-16-11-17-9(12(13,14)15)6-10(18-11)21-8-5-3-2-4-7(8)19-20-21/h2-6H,1H3,(H,16,17,18). The van der Waals surface area contributed by atoms with Crippen LogP contribution in [0.4, 0.5) is 19.1 Å². The number of halogens is 3. The van der Waals surface area contributed by atoms with Gasteiger partial charge in [0, 0.05) is 13.1 Å². The molecule has 2 heterocycles. The first-order valence-electron chi connectivity index (χ1n) is 5.94. The number of rotatable bonds is 2. The first-order valence-corrected chi connectivity index (χ1v) is 5.94. The highest BCUT2D eigenvalue weighted by molar-refractivity contribution is 5.75. The zero-order chi connectivity index (χ0) is 15.0. The fourth-order valence-electron chi connectivity index (χ4n) is 1.84. The molecule has 108 valence electrons. The van der Waals surface area contributed by atoms with E-state index >= 15 is 0 Å². The van der Waals surface area contributed by atoms with Gasteiger partial charge in [-0.1, -0.05) is 17.3 Å². The van der Waals surface area contributed by atoms with Gasteiger partial charge in [-0.3, -0.25) is 0 Å². The van der Waals surface area contributed by atoms with Crippen molar-refractivity contribution in [2.24, 2.45) is 0 Å². The van der Waals surface area contributed by atoms with Gasteiger partial charge in [-0.05, 0) is 12.1 Å². The zero-order valence-electron chi connectivity index (χ0n) is 10.8. The summed E-state index contributed by atoms with van der Waals surface area (Å²) < 4.78 is 39.9. The van der Waals surface area contributed by atoms with Crippen molar-refractivity contribution in [3.63, 3.8) is 0 Å². The van der Waals surface area contributed by atoms with E-state index in [1.165, 1.54) is 11.7 Å². The van der Waals surface area contributed by atoms with Crippen LogP contribution in [0.15, 0.2) is 30.3 Å². The largest absolute Gasteiger partial charge is 0.433 e. The Kier molecular flexibility index (Phi) is 2.96. The van der Waals surface area contributed by atoms with E-state index in [1.807, 2.05) is 0 Å². The molecule has 3 rings (SSSR count). The van der Waals surface area contributed by atoms with Gasteiger partial charge in [0.2, 0.25) is 5.95 Å². The van der Waals surface area contributed by atoms with Crippen LogP contribution in [0.2, 0.25) is 0 Å². The molecule has 3 aromatic rings. The predicted molar refractivity (Wildman–Crippen MR) is 69.0 cm³/mol. The van der Waals surface area contributed by atoms with E-state index in [0.29, 0.717) is 11.0 Å². The van der Waals surface area contributed by atoms with Crippen LogP contribution in [0, 0.1) is 0 Å². The van der Waals surface area contributed by atoms with Crippen molar-refractivity contribution in [3.05, 3.63) is 36.0 Å². The fraction of sp³-hybridized carbons (Fsp3) is 0.167. The monoisotopic (exact) mass is 294 g/mol. The quantitative estimate of drug-likeness (QED) is 0.785. The normalized spacial score (nSPS) is 11.8. The van der Waals surface area contributed by atoms with Gasteiger partial charge in [0.25, 0.3) is 0 Å². The number of fused-ring (bicyclic) bond motifs is 1. The molecule has 0 aliphatic rings. The van der Waals surface area contributed by atoms with Gasteiger partial charge < -0.3 is 5.32 Å². The number of aromatic nitrogens is 5. The third kappa shape index (κ3) is 2.37. The Morgan fingerprint density at radius 3 is 2.62 bits per heavy atom. The summed E-state index contributed by atoms with van der Waals surface area (Å²) in [7, 11) is 1.44. The molecule has 9 heteroatoms. The maximum absolute atomic E-state index is 12.9. The van der Waals surface area contributed by atoms with Crippen molar-refractivity contribution in [3.8, 4) is 5.82 Å². The SMILES string of the molecule is CNc1nc(-n2nnc3ccccc32)cc(C(F)(F)F)n1. The summed E-state index contributed by atoms with van der Waals surface area (Å²) in [4.78, 5) is 7.40. The van der Waals surface area contributed by atoms with E-state index in [4.69, 9.17) is 0 Å². The number of alkyl halides is 3. The number of benzene rings is 1. The molecule has 0 atom stereocenters. The van der Waals surface area contributed by atoms with Crippen molar-refractivity contribution in [2.75, 3.05) is 12.4 Å². The van der Waals surface area contributed by atoms with Crippen LogP contribution < -0.4 is 5.32 Å². The molecular formula is C12H9F3N6. The number of hydrogen-bond donors (Lipinski definition) is 1. The first-order chi connectivity index (χ1) is 9.99. The smallest absolute Gasteiger partial charge is 0.357 e. The lowest BCUT2D eigenvalue weighted by Gasteiger charge is -2.10. The van der Waals surface area contributed by atoms with E-state index in [1.54, 1.807) is 24.3 Å². The lowest BCUT2D eigenvalue weighted by Crippen LogP contribution is -2.13. The highest BCUT2D eigenvalue weighted by atomic mass is 19.4. The molecule has 0 amide bonds. The number of nitrogens with zero attached hydrogens (tertiary/aromatic N) is 5. The molecule has 0 spiro atoms. The molecule has 1 aromatic carbocycles. The molecule has 0 radical (unpaired) electrons. The Morgan fingerprint density at radius 2 is 1.90 bits per heavy atom. The van der Waals surface area contributed by atoms with Gasteiger partial charge in [-0.25, -0.2) is 4.98 Å². The van der Waals surface area contributed by atoms with Gasteiger partial charge >= 0.3 is 6.18 Å². The zero-order valence-corrected chi connectivity index (χ0v) is 10.8. The number of para-hydroxylation sites is 1. The van der Waals surface area contributed by atoms with Crippen molar-refractivity contribution >= 4 is 17.0 Å². The molecule has 0 saturated carbocycles. The second-order valence-corrected chi connectivity index (χ2v) is 4.17. The van der Waals surface area contributed by atoms with Crippen molar-refractivity contribution in [1.29, 1.82) is 0 Å². The predicted octanol–water partition coefficient (Wildman–Crippen LogP) is 2.27. The summed E-state index contributed by atoms with van der Waals surface area (Å²) in [5.74, 6) is -0.144. The van der Waals surface area contributed by atoms with Crippen LogP contribution in [-0.2, 0) is 6.18 Å². The molecule has 0 unspecified atom stereocenters. The van der Waals surface area contributed by atoms with Crippen LogP contribution in [0.3, 0.4) is 0 Å². The summed E-state index contributed by atoms with van der Waals surface area (Å²) in [6, 6.07) is 7.75. The molecule has 6 nitrogen and oxygen atoms in total. The van der Waals surface area contributed by atoms with Crippen molar-refractivity contribution in [2.45, 2.75) is 6.18 Å². The molecule has 1 N–H and O–H groups in total. The molecule has 0 fully saturated rings. The van der Waals surface area contributed by atoms with Crippen molar-refractivity contribution < 1.29 is 13.2 Å². The lowest BCUT2D eigenvalue weighted by atomic mass is 10.3. The third-order valence-electron chi connectivity index (χ3n) is 2.80. The molecule has 0 bridgehead atoms. The van der Waals surface area contributed by atoms with Crippen molar-refractivity contribution in [1.82, 2.24) is 25.0 Å². The maximum Gasteiger partial charge on any atom is 0.433 e. The van der Waals surface area contributed by atoms with E-state index < -0.39 is 11.9 Å². The van der Waals surface area contributed by atoms with E-state index in [9.17, 15) is 13.2 Å². The second kappa shape index (κ2) is 4.69. The Labute approximate surface area is 116 Å². The minimum Gasteiger partial charge on any atom is -0.357 e. The minimum absolute atomic E-state index is 0.00428. The van der Waals surface area contributed by atoms with Gasteiger partial charge in [-0.2, -0.15) is 22.8 Å². The topological polar surface area (TPSA) is 68.5 Å². The van der Waals surface area contributed by atoms with E-state index in [0.717, 1.165) is 6.07 Å². The molecule has 0 aliphatic heterocycles. The molecule has 0 saturated heterocycles. The summed E-state index contributed by atoms with van der Waals surface area (Å²) in [5.41, 5.74) is 0.0819. The van der Waals surface area contributed by atoms with Crippen LogP contribution in [0.25, 0.3) is 16.9 Å². The third-order valence-corrected chi connectivity index (χ3v) is 2.80. The minimum atomic E-state index is -4.57. The van der Waals surface area contributed by atoms with E-state index in [-0.39, 0.29) is 11.8 Å². The van der Waals surface area contributed by atoms with Gasteiger partial charge in [0.15, 0.2) is 11.5 Å². The summed E-state index contributed by atoms with van der Waals surface area (Å²) in [6.07, 6.45) is -4.57. The highest BCUT2D eigenvalue weighted by Crippen LogP contribution is 2.29. The Morgan fingerprint density at radius 1 is 1.14 bits per heavy atom. The molecule has 21 heavy (non-hydrogen) atoms. The van der Waals surface area contributed by atoms with Gasteiger partial charge in [0.05, 0.1) is 5.52 Å². The van der Waals surface area contributed by atoms with Crippen LogP contribution in [-0.4, -0.2) is 32.0 Å². The maximum atomic E-state index is 12.9. The second-order valence-electron chi connectivity index (χ2n) is 4.17. The van der Waals surface area contributed by atoms with Crippen LogP contribution >= 0.6 is 0 Å². The lowest BCUT2D eigenvalue weighted by molar-refractivity contribution is -0.141. The molecule has 2 aromatic heterocycles. The highest BCUT2D eigenvalue weighted by Gasteiger charge is 2.34. The average Bonchev–Trinajstić information content (AvgIpc) is 2.89. The molecule has 0 aliphatic carbocycles. The molecular weight excluding hydrogens is 285 g/mol. The van der Waals surface area contributed by atoms with Gasteiger partial charge in [-0.15, -0.1) is 5.10 Å². The van der Waals surface area contributed by atoms with Gasteiger partial charge in [0.1, 0.15) is 5.52 Å². The fourth-order valence-corrected chi connectivity index (χ4v) is 1.84. The Balaban J connectivity index is 2.22. The van der Waals surface area contributed by atoms with Crippen LogP contribution in [0.5, 0.6) is 0 Å². The summed E-state index contributed by atoms with van der Waals surface area (Å²) >= 11 is 0. The number of hydrogen-bond acceptors (Lipinski definition) is 5. The average molecular weight is 294 g/mol. The number of anilines is 1. The Hall–Kier alpha value is -2.71.